The summed E-state index contributed by atoms with van der Waals surface area (Å²) in [7, 11) is 1.71. The lowest BCUT2D eigenvalue weighted by Crippen LogP contribution is -2.20. The quantitative estimate of drug-likeness (QED) is 0.894. The maximum absolute atomic E-state index is 13.7. The zero-order valence-electron chi connectivity index (χ0n) is 11.4. The van der Waals surface area contributed by atoms with Gasteiger partial charge >= 0.3 is 0 Å². The molecule has 0 fully saturated rings. The second-order valence-corrected chi connectivity index (χ2v) is 4.75. The van der Waals surface area contributed by atoms with E-state index in [-0.39, 0.29) is 23.8 Å². The lowest BCUT2D eigenvalue weighted by molar-refractivity contribution is 0.514. The molecule has 0 spiro atoms. The van der Waals surface area contributed by atoms with Crippen molar-refractivity contribution in [1.29, 1.82) is 0 Å². The molecule has 2 rings (SSSR count). The van der Waals surface area contributed by atoms with Crippen molar-refractivity contribution < 1.29 is 13.2 Å². The third-order valence-electron chi connectivity index (χ3n) is 3.40. The zero-order valence-corrected chi connectivity index (χ0v) is 11.4. The van der Waals surface area contributed by atoms with Crippen molar-refractivity contribution in [2.24, 2.45) is 0 Å². The Balaban J connectivity index is 2.31. The molecule has 2 aromatic carbocycles. The lowest BCUT2D eigenvalue weighted by Gasteiger charge is -2.18. The van der Waals surface area contributed by atoms with E-state index in [1.54, 1.807) is 26.1 Å². The van der Waals surface area contributed by atoms with Crippen LogP contribution in [0.2, 0.25) is 0 Å². The van der Waals surface area contributed by atoms with E-state index in [0.717, 1.165) is 5.56 Å². The Kier molecular flexibility index (Phi) is 4.45. The average Bonchev–Trinajstić information content (AvgIpc) is 2.42. The van der Waals surface area contributed by atoms with Crippen LogP contribution in [-0.4, -0.2) is 7.05 Å². The molecular weight excluding hydrogens is 263 g/mol. The van der Waals surface area contributed by atoms with Crippen LogP contribution in [-0.2, 0) is 6.42 Å². The monoisotopic (exact) mass is 279 g/mol. The molecule has 0 saturated heterocycles. The third-order valence-corrected chi connectivity index (χ3v) is 3.40. The van der Waals surface area contributed by atoms with Crippen LogP contribution in [0.15, 0.2) is 36.4 Å². The van der Waals surface area contributed by atoms with E-state index in [1.165, 1.54) is 24.3 Å². The van der Waals surface area contributed by atoms with E-state index in [4.69, 9.17) is 0 Å². The van der Waals surface area contributed by atoms with Gasteiger partial charge < -0.3 is 5.32 Å². The van der Waals surface area contributed by atoms with Crippen LogP contribution in [0.1, 0.15) is 22.7 Å². The predicted octanol–water partition coefficient (Wildman–Crippen LogP) is 3.92. The first-order valence-electron chi connectivity index (χ1n) is 6.39. The van der Waals surface area contributed by atoms with E-state index < -0.39 is 11.6 Å². The Hall–Kier alpha value is -1.81. The molecular formula is C16H16F3N. The summed E-state index contributed by atoms with van der Waals surface area (Å²) in [5.41, 5.74) is 1.35. The molecule has 0 aromatic heterocycles. The zero-order chi connectivity index (χ0) is 14.7. The number of nitrogens with one attached hydrogen (secondary N) is 1. The van der Waals surface area contributed by atoms with E-state index >= 15 is 0 Å². The second kappa shape index (κ2) is 6.09. The molecule has 1 atom stereocenters. The highest BCUT2D eigenvalue weighted by molar-refractivity contribution is 5.29. The van der Waals surface area contributed by atoms with Crippen LogP contribution in [0.25, 0.3) is 0 Å². The molecule has 2 aromatic rings. The van der Waals surface area contributed by atoms with E-state index in [0.29, 0.717) is 5.56 Å². The maximum atomic E-state index is 13.7. The van der Waals surface area contributed by atoms with Gasteiger partial charge in [-0.05, 0) is 49.7 Å². The minimum Gasteiger partial charge on any atom is -0.313 e. The Morgan fingerprint density at radius 1 is 1.00 bits per heavy atom. The lowest BCUT2D eigenvalue weighted by atomic mass is 9.97. The molecule has 0 radical (unpaired) electrons. The fraction of sp³-hybridized carbons (Fsp3) is 0.250. The van der Waals surface area contributed by atoms with Crippen molar-refractivity contribution in [3.8, 4) is 0 Å². The van der Waals surface area contributed by atoms with Crippen LogP contribution in [0.5, 0.6) is 0 Å². The number of hydrogen-bond donors (Lipinski definition) is 1. The first-order valence-corrected chi connectivity index (χ1v) is 6.39. The first-order chi connectivity index (χ1) is 9.52. The number of aryl methyl sites for hydroxylation is 1. The van der Waals surface area contributed by atoms with Gasteiger partial charge in [0.1, 0.15) is 17.5 Å². The number of halogens is 3. The average molecular weight is 279 g/mol. The van der Waals surface area contributed by atoms with Crippen LogP contribution in [0, 0.1) is 24.4 Å². The molecule has 1 N–H and O–H groups in total. The normalized spacial score (nSPS) is 12.4. The molecule has 20 heavy (non-hydrogen) atoms. The van der Waals surface area contributed by atoms with Crippen LogP contribution >= 0.6 is 0 Å². The Morgan fingerprint density at radius 3 is 2.20 bits per heavy atom. The number of hydrogen-bond acceptors (Lipinski definition) is 1. The highest BCUT2D eigenvalue weighted by Gasteiger charge is 2.16. The summed E-state index contributed by atoms with van der Waals surface area (Å²) in [5.74, 6) is -1.42. The van der Waals surface area contributed by atoms with Gasteiger partial charge in [-0.2, -0.15) is 0 Å². The van der Waals surface area contributed by atoms with Gasteiger partial charge in [-0.25, -0.2) is 13.2 Å². The minimum atomic E-state index is -0.566. The van der Waals surface area contributed by atoms with Crippen LogP contribution in [0.4, 0.5) is 13.2 Å². The first kappa shape index (κ1) is 14.6. The SMILES string of the molecule is CNC(Cc1c(F)cccc1F)c1ccc(F)c(C)c1. The molecule has 0 aliphatic rings. The fourth-order valence-electron chi connectivity index (χ4n) is 2.20. The van der Waals surface area contributed by atoms with Gasteiger partial charge in [0.05, 0.1) is 0 Å². The summed E-state index contributed by atoms with van der Waals surface area (Å²) in [5, 5.41) is 3.01. The van der Waals surface area contributed by atoms with Gasteiger partial charge in [-0.3, -0.25) is 0 Å². The maximum Gasteiger partial charge on any atom is 0.129 e. The third kappa shape index (κ3) is 3.02. The topological polar surface area (TPSA) is 12.0 Å². The summed E-state index contributed by atoms with van der Waals surface area (Å²) in [6.45, 7) is 1.66. The largest absolute Gasteiger partial charge is 0.313 e. The Bertz CT molecular complexity index is 590. The summed E-state index contributed by atoms with van der Waals surface area (Å²) in [6, 6.07) is 8.22. The van der Waals surface area contributed by atoms with Crippen molar-refractivity contribution in [2.75, 3.05) is 7.05 Å². The van der Waals surface area contributed by atoms with Crippen molar-refractivity contribution >= 4 is 0 Å². The Morgan fingerprint density at radius 2 is 1.65 bits per heavy atom. The van der Waals surface area contributed by atoms with Crippen LogP contribution in [0.3, 0.4) is 0 Å². The van der Waals surface area contributed by atoms with Gasteiger partial charge in [0.25, 0.3) is 0 Å². The van der Waals surface area contributed by atoms with Crippen molar-refractivity contribution in [2.45, 2.75) is 19.4 Å². The van der Waals surface area contributed by atoms with Crippen LogP contribution < -0.4 is 5.32 Å². The minimum absolute atomic E-state index is 0.0360. The van der Waals surface area contributed by atoms with Gasteiger partial charge in [-0.1, -0.05) is 18.2 Å². The summed E-state index contributed by atoms with van der Waals surface area (Å²) >= 11 is 0. The number of likely N-dealkylation sites (N-methyl/N-ethyl adjacent to an activating group) is 1. The predicted molar refractivity (Wildman–Crippen MR) is 73.0 cm³/mol. The molecule has 0 saturated carbocycles. The highest BCUT2D eigenvalue weighted by Crippen LogP contribution is 2.23. The molecule has 0 bridgehead atoms. The number of benzene rings is 2. The Labute approximate surface area is 116 Å². The standard InChI is InChI=1S/C16H16F3N/c1-10-8-11(6-7-13(10)17)16(20-2)9-12-14(18)4-3-5-15(12)19/h3-8,16,20H,9H2,1-2H3. The number of rotatable bonds is 4. The van der Waals surface area contributed by atoms with Gasteiger partial charge in [0.15, 0.2) is 0 Å². The van der Waals surface area contributed by atoms with E-state index in [1.807, 2.05) is 0 Å². The molecule has 4 heteroatoms. The molecule has 1 nitrogen and oxygen atoms in total. The highest BCUT2D eigenvalue weighted by atomic mass is 19.1. The molecule has 0 aliphatic carbocycles. The van der Waals surface area contributed by atoms with Crippen molar-refractivity contribution in [1.82, 2.24) is 5.32 Å². The summed E-state index contributed by atoms with van der Waals surface area (Å²) < 4.78 is 40.6. The van der Waals surface area contributed by atoms with Gasteiger partial charge in [0.2, 0.25) is 0 Å². The summed E-state index contributed by atoms with van der Waals surface area (Å²) in [4.78, 5) is 0. The second-order valence-electron chi connectivity index (χ2n) is 4.75. The molecule has 0 amide bonds. The van der Waals surface area contributed by atoms with E-state index in [9.17, 15) is 13.2 Å². The smallest absolute Gasteiger partial charge is 0.129 e. The summed E-state index contributed by atoms with van der Waals surface area (Å²) in [6.07, 6.45) is 0.167. The fourth-order valence-corrected chi connectivity index (χ4v) is 2.20. The van der Waals surface area contributed by atoms with Gasteiger partial charge in [-0.15, -0.1) is 0 Å². The van der Waals surface area contributed by atoms with Gasteiger partial charge in [0, 0.05) is 11.6 Å². The molecule has 0 heterocycles. The van der Waals surface area contributed by atoms with E-state index in [2.05, 4.69) is 5.32 Å². The molecule has 106 valence electrons. The molecule has 1 unspecified atom stereocenters. The molecule has 0 aliphatic heterocycles. The van der Waals surface area contributed by atoms with Crippen molar-refractivity contribution in [3.05, 3.63) is 70.5 Å². The van der Waals surface area contributed by atoms with Crippen molar-refractivity contribution in [3.63, 3.8) is 0 Å².